The molecule has 0 saturated carbocycles. The van der Waals surface area contributed by atoms with Crippen LogP contribution >= 0.6 is 0 Å². The van der Waals surface area contributed by atoms with Gasteiger partial charge in [-0.1, -0.05) is 12.1 Å². The molecule has 0 radical (unpaired) electrons. The Labute approximate surface area is 174 Å². The summed E-state index contributed by atoms with van der Waals surface area (Å²) in [6.07, 6.45) is 4.08. The molecule has 1 atom stereocenters. The minimum Gasteiger partial charge on any atom is -0.477 e. The van der Waals surface area contributed by atoms with Crippen molar-refractivity contribution >= 4 is 23.6 Å². The SMILES string of the molecule is Cc1cc(/C=C/C(=O)N2C[C@@H](C(N)=O)Oc3ccccc32)c(C)n1Cc1ccco1. The van der Waals surface area contributed by atoms with Crippen LogP contribution in [0.15, 0.2) is 59.2 Å². The van der Waals surface area contributed by atoms with Crippen LogP contribution in [0.5, 0.6) is 5.75 Å². The number of hydrogen-bond acceptors (Lipinski definition) is 4. The summed E-state index contributed by atoms with van der Waals surface area (Å²) in [5.41, 5.74) is 9.08. The van der Waals surface area contributed by atoms with Gasteiger partial charge in [0, 0.05) is 17.5 Å². The number of hydrogen-bond donors (Lipinski definition) is 1. The third-order valence-corrected chi connectivity index (χ3v) is 5.27. The second kappa shape index (κ2) is 7.94. The van der Waals surface area contributed by atoms with Crippen molar-refractivity contribution in [2.75, 3.05) is 11.4 Å². The molecule has 7 nitrogen and oxygen atoms in total. The van der Waals surface area contributed by atoms with Crippen LogP contribution < -0.4 is 15.4 Å². The number of ether oxygens (including phenoxy) is 1. The zero-order chi connectivity index (χ0) is 21.3. The number of nitrogens with zero attached hydrogens (tertiary/aromatic N) is 2. The first-order valence-electron chi connectivity index (χ1n) is 9.67. The van der Waals surface area contributed by atoms with E-state index >= 15 is 0 Å². The lowest BCUT2D eigenvalue weighted by atomic mass is 10.1. The van der Waals surface area contributed by atoms with Gasteiger partial charge < -0.3 is 24.4 Å². The molecule has 0 aliphatic carbocycles. The number of aromatic nitrogens is 1. The molecular weight excluding hydrogens is 382 g/mol. The first-order chi connectivity index (χ1) is 14.4. The fraction of sp³-hybridized carbons (Fsp3) is 0.217. The molecule has 3 heterocycles. The fourth-order valence-corrected chi connectivity index (χ4v) is 3.64. The number of nitrogens with two attached hydrogens (primary N) is 1. The van der Waals surface area contributed by atoms with Crippen molar-refractivity contribution in [3.05, 3.63) is 77.5 Å². The number of furan rings is 1. The van der Waals surface area contributed by atoms with Crippen molar-refractivity contribution in [3.8, 4) is 5.75 Å². The van der Waals surface area contributed by atoms with Crippen LogP contribution in [0.25, 0.3) is 6.08 Å². The molecule has 1 aliphatic rings. The van der Waals surface area contributed by atoms with Gasteiger partial charge in [-0.2, -0.15) is 0 Å². The van der Waals surface area contributed by atoms with Crippen molar-refractivity contribution < 1.29 is 18.7 Å². The Morgan fingerprint density at radius 3 is 2.73 bits per heavy atom. The zero-order valence-electron chi connectivity index (χ0n) is 16.9. The van der Waals surface area contributed by atoms with Crippen LogP contribution in [0.1, 0.15) is 22.7 Å². The molecule has 7 heteroatoms. The molecule has 4 rings (SSSR count). The normalized spacial score (nSPS) is 15.8. The molecular formula is C23H23N3O4. The lowest BCUT2D eigenvalue weighted by molar-refractivity contribution is -0.125. The molecule has 2 amide bonds. The van der Waals surface area contributed by atoms with Gasteiger partial charge in [-0.25, -0.2) is 0 Å². The van der Waals surface area contributed by atoms with Crippen molar-refractivity contribution in [2.24, 2.45) is 5.73 Å². The van der Waals surface area contributed by atoms with E-state index < -0.39 is 12.0 Å². The summed E-state index contributed by atoms with van der Waals surface area (Å²) in [7, 11) is 0. The molecule has 0 bridgehead atoms. The second-order valence-electron chi connectivity index (χ2n) is 7.25. The summed E-state index contributed by atoms with van der Waals surface area (Å²) < 4.78 is 13.2. The van der Waals surface area contributed by atoms with Gasteiger partial charge in [-0.3, -0.25) is 9.59 Å². The van der Waals surface area contributed by atoms with Gasteiger partial charge in [0.1, 0.15) is 11.5 Å². The molecule has 0 unspecified atom stereocenters. The average molecular weight is 405 g/mol. The summed E-state index contributed by atoms with van der Waals surface area (Å²) in [4.78, 5) is 26.1. The Morgan fingerprint density at radius 2 is 2.00 bits per heavy atom. The van der Waals surface area contributed by atoms with E-state index in [0.29, 0.717) is 18.0 Å². The Bertz CT molecular complexity index is 1110. The number of fused-ring (bicyclic) bond motifs is 1. The van der Waals surface area contributed by atoms with Crippen molar-refractivity contribution in [1.82, 2.24) is 4.57 Å². The van der Waals surface area contributed by atoms with Crippen LogP contribution in [0.2, 0.25) is 0 Å². The highest BCUT2D eigenvalue weighted by Crippen LogP contribution is 2.33. The Balaban J connectivity index is 1.57. The number of carbonyl (C=O) groups is 2. The summed E-state index contributed by atoms with van der Waals surface area (Å²) in [6, 6.07) is 12.9. The van der Waals surface area contributed by atoms with Crippen molar-refractivity contribution in [3.63, 3.8) is 0 Å². The standard InChI is InChI=1S/C23H23N3O4/c1-15-12-17(16(2)25(15)13-18-6-5-11-29-18)9-10-22(27)26-14-21(23(24)28)30-20-8-4-3-7-19(20)26/h3-12,21H,13-14H2,1-2H3,(H2,24,28)/b10-9+/t21-/m0/s1. The maximum atomic E-state index is 13.0. The topological polar surface area (TPSA) is 90.7 Å². The number of para-hydroxylation sites is 2. The molecule has 1 aromatic carbocycles. The van der Waals surface area contributed by atoms with E-state index in [4.69, 9.17) is 14.9 Å². The van der Waals surface area contributed by atoms with E-state index in [-0.39, 0.29) is 12.5 Å². The lowest BCUT2D eigenvalue weighted by Crippen LogP contribution is -2.49. The summed E-state index contributed by atoms with van der Waals surface area (Å²) in [6.45, 7) is 4.73. The number of aryl methyl sites for hydroxylation is 1. The predicted octanol–water partition coefficient (Wildman–Crippen LogP) is 3.04. The number of carbonyl (C=O) groups excluding carboxylic acids is 2. The molecule has 1 aliphatic heterocycles. The van der Waals surface area contributed by atoms with Crippen LogP contribution in [-0.4, -0.2) is 29.0 Å². The van der Waals surface area contributed by atoms with Gasteiger partial charge in [0.05, 0.1) is 25.0 Å². The smallest absolute Gasteiger partial charge is 0.260 e. The minimum atomic E-state index is -0.879. The third-order valence-electron chi connectivity index (χ3n) is 5.27. The van der Waals surface area contributed by atoms with Gasteiger partial charge in [0.2, 0.25) is 0 Å². The molecule has 0 spiro atoms. The number of rotatable bonds is 5. The van der Waals surface area contributed by atoms with E-state index in [1.165, 1.54) is 11.0 Å². The van der Waals surface area contributed by atoms with E-state index in [2.05, 4.69) is 4.57 Å². The average Bonchev–Trinajstić information content (AvgIpc) is 3.35. The first kappa shape index (κ1) is 19.6. The highest BCUT2D eigenvalue weighted by molar-refractivity contribution is 6.05. The van der Waals surface area contributed by atoms with Gasteiger partial charge in [-0.15, -0.1) is 0 Å². The highest BCUT2D eigenvalue weighted by atomic mass is 16.5. The van der Waals surface area contributed by atoms with Crippen LogP contribution in [0.3, 0.4) is 0 Å². The van der Waals surface area contributed by atoms with Gasteiger partial charge >= 0.3 is 0 Å². The monoisotopic (exact) mass is 405 g/mol. The summed E-state index contributed by atoms with van der Waals surface area (Å²) >= 11 is 0. The van der Waals surface area contributed by atoms with E-state index in [9.17, 15) is 9.59 Å². The van der Waals surface area contributed by atoms with Crippen LogP contribution in [0, 0.1) is 13.8 Å². The molecule has 2 aromatic heterocycles. The maximum Gasteiger partial charge on any atom is 0.260 e. The van der Waals surface area contributed by atoms with E-state index in [1.54, 1.807) is 30.5 Å². The molecule has 2 N–H and O–H groups in total. The Morgan fingerprint density at radius 1 is 1.20 bits per heavy atom. The molecule has 154 valence electrons. The lowest BCUT2D eigenvalue weighted by Gasteiger charge is -2.32. The number of anilines is 1. The second-order valence-corrected chi connectivity index (χ2v) is 7.25. The molecule has 30 heavy (non-hydrogen) atoms. The van der Waals surface area contributed by atoms with Crippen molar-refractivity contribution in [1.29, 1.82) is 0 Å². The number of primary amides is 1. The quantitative estimate of drug-likeness (QED) is 0.661. The number of amides is 2. The Hall–Kier alpha value is -3.74. The molecule has 3 aromatic rings. The van der Waals surface area contributed by atoms with Gasteiger partial charge in [-0.05, 0) is 55.8 Å². The van der Waals surface area contributed by atoms with Gasteiger partial charge in [0.25, 0.3) is 11.8 Å². The predicted molar refractivity (Wildman–Crippen MR) is 113 cm³/mol. The zero-order valence-corrected chi connectivity index (χ0v) is 16.9. The van der Waals surface area contributed by atoms with E-state index in [0.717, 1.165) is 22.7 Å². The van der Waals surface area contributed by atoms with Crippen molar-refractivity contribution in [2.45, 2.75) is 26.5 Å². The van der Waals surface area contributed by atoms with Crippen LogP contribution in [0.4, 0.5) is 5.69 Å². The fourth-order valence-electron chi connectivity index (χ4n) is 3.64. The molecule has 0 saturated heterocycles. The first-order valence-corrected chi connectivity index (χ1v) is 9.67. The highest BCUT2D eigenvalue weighted by Gasteiger charge is 2.31. The largest absolute Gasteiger partial charge is 0.477 e. The Kier molecular flexibility index (Phi) is 5.18. The maximum absolute atomic E-state index is 13.0. The summed E-state index contributed by atoms with van der Waals surface area (Å²) in [5.74, 6) is 0.484. The third kappa shape index (κ3) is 3.74. The summed E-state index contributed by atoms with van der Waals surface area (Å²) in [5, 5.41) is 0. The van der Waals surface area contributed by atoms with Crippen LogP contribution in [-0.2, 0) is 16.1 Å². The molecule has 0 fully saturated rings. The van der Waals surface area contributed by atoms with E-state index in [1.807, 2.05) is 38.1 Å². The number of benzene rings is 1. The minimum absolute atomic E-state index is 0.0764. The van der Waals surface area contributed by atoms with Gasteiger partial charge in [0.15, 0.2) is 6.10 Å².